The van der Waals surface area contributed by atoms with Gasteiger partial charge in [0.15, 0.2) is 0 Å². The van der Waals surface area contributed by atoms with Crippen LogP contribution in [0.15, 0.2) is 54.6 Å². The zero-order valence-electron chi connectivity index (χ0n) is 10.7. The fraction of sp³-hybridized carbons (Fsp3) is 0.250. The number of ether oxygens (including phenoxy) is 1. The van der Waals surface area contributed by atoms with Crippen LogP contribution in [-0.2, 0) is 13.2 Å². The predicted octanol–water partition coefficient (Wildman–Crippen LogP) is 3.38. The summed E-state index contributed by atoms with van der Waals surface area (Å²) in [5.41, 5.74) is 2.50. The van der Waals surface area contributed by atoms with Gasteiger partial charge in [0.25, 0.3) is 0 Å². The van der Waals surface area contributed by atoms with E-state index in [0.29, 0.717) is 6.61 Å². The summed E-state index contributed by atoms with van der Waals surface area (Å²) in [6.45, 7) is 4.63. The molecule has 2 nitrogen and oxygen atoms in total. The Labute approximate surface area is 109 Å². The van der Waals surface area contributed by atoms with Crippen molar-refractivity contribution in [3.63, 3.8) is 0 Å². The van der Waals surface area contributed by atoms with Crippen LogP contribution in [0.1, 0.15) is 18.1 Å². The normalized spacial score (nSPS) is 10.3. The molecule has 0 amide bonds. The summed E-state index contributed by atoms with van der Waals surface area (Å²) in [5.74, 6) is 0.912. The molecule has 94 valence electrons. The van der Waals surface area contributed by atoms with E-state index in [1.165, 1.54) is 11.1 Å². The van der Waals surface area contributed by atoms with Crippen molar-refractivity contribution in [2.24, 2.45) is 0 Å². The first-order valence-electron chi connectivity index (χ1n) is 6.35. The SMILES string of the molecule is CCNCc1cccc(COc2ccccc2)c1. The molecular formula is C16H19NO. The zero-order valence-corrected chi connectivity index (χ0v) is 10.7. The second-order valence-corrected chi connectivity index (χ2v) is 4.20. The average molecular weight is 241 g/mol. The molecule has 1 N–H and O–H groups in total. The summed E-state index contributed by atoms with van der Waals surface area (Å²) in [6.07, 6.45) is 0. The van der Waals surface area contributed by atoms with Crippen LogP contribution in [0.5, 0.6) is 5.75 Å². The quantitative estimate of drug-likeness (QED) is 0.837. The van der Waals surface area contributed by atoms with E-state index in [9.17, 15) is 0 Å². The lowest BCUT2D eigenvalue weighted by molar-refractivity contribution is 0.306. The Morgan fingerprint density at radius 1 is 0.944 bits per heavy atom. The number of hydrogen-bond donors (Lipinski definition) is 1. The van der Waals surface area contributed by atoms with Crippen LogP contribution in [0.2, 0.25) is 0 Å². The lowest BCUT2D eigenvalue weighted by Crippen LogP contribution is -2.11. The molecule has 18 heavy (non-hydrogen) atoms. The van der Waals surface area contributed by atoms with E-state index < -0.39 is 0 Å². The summed E-state index contributed by atoms with van der Waals surface area (Å²) < 4.78 is 5.73. The Balaban J connectivity index is 1.93. The van der Waals surface area contributed by atoms with Crippen molar-refractivity contribution in [1.29, 1.82) is 0 Å². The van der Waals surface area contributed by atoms with Crippen molar-refractivity contribution < 1.29 is 4.74 Å². The van der Waals surface area contributed by atoms with E-state index >= 15 is 0 Å². The molecule has 0 bridgehead atoms. The first kappa shape index (κ1) is 12.7. The molecule has 0 atom stereocenters. The molecule has 2 heteroatoms. The molecule has 0 heterocycles. The molecule has 2 rings (SSSR count). The van der Waals surface area contributed by atoms with Crippen molar-refractivity contribution >= 4 is 0 Å². The molecule has 0 aliphatic rings. The minimum absolute atomic E-state index is 0.615. The van der Waals surface area contributed by atoms with Gasteiger partial charge >= 0.3 is 0 Å². The van der Waals surface area contributed by atoms with Gasteiger partial charge in [-0.25, -0.2) is 0 Å². The van der Waals surface area contributed by atoms with E-state index in [1.54, 1.807) is 0 Å². The van der Waals surface area contributed by atoms with E-state index in [1.807, 2.05) is 30.3 Å². The molecule has 0 spiro atoms. The topological polar surface area (TPSA) is 21.3 Å². The fourth-order valence-corrected chi connectivity index (χ4v) is 1.78. The van der Waals surface area contributed by atoms with E-state index in [0.717, 1.165) is 18.8 Å². The highest BCUT2D eigenvalue weighted by Crippen LogP contribution is 2.12. The smallest absolute Gasteiger partial charge is 0.119 e. The number of rotatable bonds is 6. The number of hydrogen-bond acceptors (Lipinski definition) is 2. The molecule has 0 aliphatic carbocycles. The molecule has 0 aromatic heterocycles. The average Bonchev–Trinajstić information content (AvgIpc) is 2.44. The first-order valence-corrected chi connectivity index (χ1v) is 6.35. The summed E-state index contributed by atoms with van der Waals surface area (Å²) in [7, 11) is 0. The lowest BCUT2D eigenvalue weighted by atomic mass is 10.1. The maximum absolute atomic E-state index is 5.73. The van der Waals surface area contributed by atoms with Crippen LogP contribution in [0.3, 0.4) is 0 Å². The van der Waals surface area contributed by atoms with Gasteiger partial charge in [-0.2, -0.15) is 0 Å². The van der Waals surface area contributed by atoms with Gasteiger partial charge in [-0.15, -0.1) is 0 Å². The third kappa shape index (κ3) is 3.90. The molecule has 0 unspecified atom stereocenters. The molecule has 0 radical (unpaired) electrons. The minimum Gasteiger partial charge on any atom is -0.489 e. The monoisotopic (exact) mass is 241 g/mol. The Hall–Kier alpha value is -1.80. The molecule has 0 saturated carbocycles. The third-order valence-electron chi connectivity index (χ3n) is 2.72. The van der Waals surface area contributed by atoms with Crippen LogP contribution in [0, 0.1) is 0 Å². The van der Waals surface area contributed by atoms with Crippen molar-refractivity contribution in [3.05, 3.63) is 65.7 Å². The molecule has 0 aliphatic heterocycles. The van der Waals surface area contributed by atoms with Gasteiger partial charge in [0.1, 0.15) is 12.4 Å². The van der Waals surface area contributed by atoms with E-state index in [-0.39, 0.29) is 0 Å². The lowest BCUT2D eigenvalue weighted by Gasteiger charge is -2.08. The summed E-state index contributed by atoms with van der Waals surface area (Å²) in [6, 6.07) is 18.4. The number of para-hydroxylation sites is 1. The highest BCUT2D eigenvalue weighted by atomic mass is 16.5. The Bertz CT molecular complexity index is 468. The minimum atomic E-state index is 0.615. The standard InChI is InChI=1S/C16H19NO/c1-2-17-12-14-7-6-8-15(11-14)13-18-16-9-4-3-5-10-16/h3-11,17H,2,12-13H2,1H3. The van der Waals surface area contributed by atoms with Gasteiger partial charge in [0, 0.05) is 6.54 Å². The summed E-state index contributed by atoms with van der Waals surface area (Å²) in [4.78, 5) is 0. The molecular weight excluding hydrogens is 222 g/mol. The van der Waals surface area contributed by atoms with Gasteiger partial charge in [0.2, 0.25) is 0 Å². The van der Waals surface area contributed by atoms with Crippen LogP contribution < -0.4 is 10.1 Å². The second-order valence-electron chi connectivity index (χ2n) is 4.20. The van der Waals surface area contributed by atoms with E-state index in [4.69, 9.17) is 4.74 Å². The number of nitrogens with one attached hydrogen (secondary N) is 1. The van der Waals surface area contributed by atoms with Crippen LogP contribution in [0.25, 0.3) is 0 Å². The summed E-state index contributed by atoms with van der Waals surface area (Å²) in [5, 5.41) is 3.32. The maximum atomic E-state index is 5.73. The van der Waals surface area contributed by atoms with Crippen molar-refractivity contribution in [3.8, 4) is 5.75 Å². The third-order valence-corrected chi connectivity index (χ3v) is 2.72. The van der Waals surface area contributed by atoms with Crippen molar-refractivity contribution in [2.75, 3.05) is 6.54 Å². The largest absolute Gasteiger partial charge is 0.489 e. The Morgan fingerprint density at radius 2 is 1.72 bits per heavy atom. The molecule has 0 saturated heterocycles. The highest BCUT2D eigenvalue weighted by Gasteiger charge is 1.97. The molecule has 0 fully saturated rings. The van der Waals surface area contributed by atoms with Crippen molar-refractivity contribution in [2.45, 2.75) is 20.1 Å². The van der Waals surface area contributed by atoms with Gasteiger partial charge in [-0.3, -0.25) is 0 Å². The fourth-order valence-electron chi connectivity index (χ4n) is 1.78. The summed E-state index contributed by atoms with van der Waals surface area (Å²) >= 11 is 0. The number of benzene rings is 2. The molecule has 2 aromatic rings. The highest BCUT2D eigenvalue weighted by molar-refractivity contribution is 5.25. The van der Waals surface area contributed by atoms with Crippen molar-refractivity contribution in [1.82, 2.24) is 5.32 Å². The maximum Gasteiger partial charge on any atom is 0.119 e. The Morgan fingerprint density at radius 3 is 2.50 bits per heavy atom. The second kappa shape index (κ2) is 6.82. The van der Waals surface area contributed by atoms with E-state index in [2.05, 4.69) is 36.5 Å². The van der Waals surface area contributed by atoms with Crippen LogP contribution in [0.4, 0.5) is 0 Å². The van der Waals surface area contributed by atoms with Gasteiger partial charge in [-0.1, -0.05) is 49.4 Å². The van der Waals surface area contributed by atoms with Gasteiger partial charge in [0.05, 0.1) is 0 Å². The zero-order chi connectivity index (χ0) is 12.6. The Kier molecular flexibility index (Phi) is 4.79. The first-order chi connectivity index (χ1) is 8.88. The van der Waals surface area contributed by atoms with Gasteiger partial charge in [-0.05, 0) is 29.8 Å². The van der Waals surface area contributed by atoms with Crippen LogP contribution in [-0.4, -0.2) is 6.54 Å². The predicted molar refractivity (Wildman–Crippen MR) is 74.6 cm³/mol. The molecule has 2 aromatic carbocycles. The van der Waals surface area contributed by atoms with Gasteiger partial charge < -0.3 is 10.1 Å². The van der Waals surface area contributed by atoms with Crippen LogP contribution >= 0.6 is 0 Å².